The minimum Gasteiger partial charge on any atom is -0.335 e. The Labute approximate surface area is 137 Å². The molecule has 0 unspecified atom stereocenters. The molecule has 0 radical (unpaired) electrons. The fraction of sp³-hybridized carbons (Fsp3) is 0.667. The van der Waals surface area contributed by atoms with E-state index in [1.165, 1.54) is 11.0 Å². The van der Waals surface area contributed by atoms with Crippen molar-refractivity contribution in [1.29, 1.82) is 0 Å². The Hall–Kier alpha value is -1.74. The molecule has 1 aliphatic carbocycles. The van der Waals surface area contributed by atoms with Gasteiger partial charge in [-0.2, -0.15) is 13.2 Å². The van der Waals surface area contributed by atoms with Crippen LogP contribution in [0, 0.1) is 0 Å². The second-order valence-corrected chi connectivity index (χ2v) is 6.12. The number of piperazine rings is 1. The van der Waals surface area contributed by atoms with Crippen molar-refractivity contribution in [3.8, 4) is 0 Å². The predicted octanol–water partition coefficient (Wildman–Crippen LogP) is 1.18. The van der Waals surface area contributed by atoms with Crippen molar-refractivity contribution in [1.82, 2.24) is 25.5 Å². The van der Waals surface area contributed by atoms with Crippen molar-refractivity contribution < 1.29 is 18.0 Å². The van der Waals surface area contributed by atoms with Gasteiger partial charge in [-0.1, -0.05) is 6.42 Å². The third-order valence-corrected chi connectivity index (χ3v) is 4.33. The van der Waals surface area contributed by atoms with E-state index in [0.717, 1.165) is 19.3 Å². The van der Waals surface area contributed by atoms with Crippen molar-refractivity contribution in [3.05, 3.63) is 23.3 Å². The van der Waals surface area contributed by atoms with Gasteiger partial charge >= 0.3 is 6.18 Å². The second-order valence-electron chi connectivity index (χ2n) is 6.12. The lowest BCUT2D eigenvalue weighted by Gasteiger charge is -2.28. The molecule has 1 saturated carbocycles. The number of halogens is 3. The smallest absolute Gasteiger partial charge is 0.335 e. The maximum atomic E-state index is 13.0. The molecule has 3 rings (SSSR count). The molecule has 2 fully saturated rings. The van der Waals surface area contributed by atoms with Crippen LogP contribution in [0.25, 0.3) is 0 Å². The fourth-order valence-electron chi connectivity index (χ4n) is 2.72. The van der Waals surface area contributed by atoms with Crippen LogP contribution in [0.3, 0.4) is 0 Å². The van der Waals surface area contributed by atoms with Gasteiger partial charge in [0.15, 0.2) is 0 Å². The van der Waals surface area contributed by atoms with Gasteiger partial charge in [0.05, 0.1) is 5.69 Å². The van der Waals surface area contributed by atoms with E-state index in [1.807, 2.05) is 0 Å². The lowest BCUT2D eigenvalue weighted by atomic mass is 9.93. The summed E-state index contributed by atoms with van der Waals surface area (Å²) in [5, 5.41) is 6.26. The van der Waals surface area contributed by atoms with Crippen LogP contribution in [0.2, 0.25) is 0 Å². The van der Waals surface area contributed by atoms with Gasteiger partial charge in [-0.05, 0) is 18.9 Å². The number of carbonyl (C=O) groups excluding carboxylic acids is 1. The van der Waals surface area contributed by atoms with E-state index in [2.05, 4.69) is 20.6 Å². The van der Waals surface area contributed by atoms with Crippen LogP contribution in [0.15, 0.2) is 6.07 Å². The molecule has 1 aromatic heterocycles. The summed E-state index contributed by atoms with van der Waals surface area (Å²) < 4.78 is 39.1. The molecule has 2 heterocycles. The third-order valence-electron chi connectivity index (χ3n) is 4.33. The van der Waals surface area contributed by atoms with Crippen LogP contribution in [0.5, 0.6) is 0 Å². The van der Waals surface area contributed by atoms with Crippen LogP contribution in [-0.2, 0) is 12.7 Å². The molecule has 0 aromatic carbocycles. The summed E-state index contributed by atoms with van der Waals surface area (Å²) in [6.07, 6.45) is -1.51. The standard InChI is InChI=1S/C15H20F3N5O/c16-15(17,18)14-21-11(9-20-10-2-1-3-10)8-12(22-14)13(24)23-6-4-19-5-7-23/h8,10,19-20H,1-7,9H2. The molecule has 1 amide bonds. The zero-order chi connectivity index (χ0) is 17.2. The van der Waals surface area contributed by atoms with Crippen LogP contribution in [0.4, 0.5) is 13.2 Å². The summed E-state index contributed by atoms with van der Waals surface area (Å²) in [4.78, 5) is 21.0. The Morgan fingerprint density at radius 3 is 2.58 bits per heavy atom. The number of amides is 1. The molecule has 0 spiro atoms. The van der Waals surface area contributed by atoms with Crippen molar-refractivity contribution in [2.24, 2.45) is 0 Å². The SMILES string of the molecule is O=C(c1cc(CNC2CCC2)nc(C(F)(F)F)n1)N1CCNCC1. The highest BCUT2D eigenvalue weighted by atomic mass is 19.4. The summed E-state index contributed by atoms with van der Waals surface area (Å²) in [5.41, 5.74) is 0.00680. The lowest BCUT2D eigenvalue weighted by molar-refractivity contribution is -0.145. The van der Waals surface area contributed by atoms with E-state index in [1.54, 1.807) is 0 Å². The zero-order valence-corrected chi connectivity index (χ0v) is 13.2. The molecule has 0 bridgehead atoms. The number of rotatable bonds is 4. The highest BCUT2D eigenvalue weighted by Crippen LogP contribution is 2.27. The normalized spacial score (nSPS) is 19.2. The van der Waals surface area contributed by atoms with Crippen LogP contribution >= 0.6 is 0 Å². The summed E-state index contributed by atoms with van der Waals surface area (Å²) in [6, 6.07) is 1.69. The first-order valence-electron chi connectivity index (χ1n) is 8.12. The van der Waals surface area contributed by atoms with E-state index in [4.69, 9.17) is 0 Å². The summed E-state index contributed by atoms with van der Waals surface area (Å²) in [7, 11) is 0. The second kappa shape index (κ2) is 7.02. The van der Waals surface area contributed by atoms with Crippen LogP contribution in [-0.4, -0.2) is 53.0 Å². The zero-order valence-electron chi connectivity index (χ0n) is 13.2. The minimum absolute atomic E-state index is 0.190. The molecule has 2 N–H and O–H groups in total. The average Bonchev–Trinajstić information content (AvgIpc) is 2.52. The Balaban J connectivity index is 1.81. The summed E-state index contributed by atoms with van der Waals surface area (Å²) in [5.74, 6) is -1.73. The Kier molecular flexibility index (Phi) is 5.00. The molecule has 1 saturated heterocycles. The number of alkyl halides is 3. The monoisotopic (exact) mass is 343 g/mol. The summed E-state index contributed by atoms with van der Waals surface area (Å²) in [6.45, 7) is 2.37. The average molecular weight is 343 g/mol. The first kappa shape index (κ1) is 17.1. The third kappa shape index (κ3) is 4.02. The number of nitrogens with zero attached hydrogens (tertiary/aromatic N) is 3. The number of aromatic nitrogens is 2. The highest BCUT2D eigenvalue weighted by Gasteiger charge is 2.36. The van der Waals surface area contributed by atoms with Gasteiger partial charge in [-0.25, -0.2) is 9.97 Å². The Bertz CT molecular complexity index is 597. The van der Waals surface area contributed by atoms with Crippen LogP contribution < -0.4 is 10.6 Å². The highest BCUT2D eigenvalue weighted by molar-refractivity contribution is 5.92. The van der Waals surface area contributed by atoms with Gasteiger partial charge in [0, 0.05) is 38.8 Å². The Morgan fingerprint density at radius 1 is 1.29 bits per heavy atom. The predicted molar refractivity (Wildman–Crippen MR) is 80.3 cm³/mol. The van der Waals surface area contributed by atoms with Crippen molar-refractivity contribution in [3.63, 3.8) is 0 Å². The van der Waals surface area contributed by atoms with Crippen molar-refractivity contribution >= 4 is 5.91 Å². The van der Waals surface area contributed by atoms with Crippen LogP contribution in [0.1, 0.15) is 41.3 Å². The van der Waals surface area contributed by atoms with Gasteiger partial charge in [0.1, 0.15) is 5.69 Å². The molecule has 0 atom stereocenters. The van der Waals surface area contributed by atoms with Crippen molar-refractivity contribution in [2.45, 2.75) is 38.0 Å². The van der Waals surface area contributed by atoms with E-state index < -0.39 is 17.9 Å². The summed E-state index contributed by atoms with van der Waals surface area (Å²) >= 11 is 0. The maximum Gasteiger partial charge on any atom is 0.451 e. The molecular formula is C15H20F3N5O. The van der Waals surface area contributed by atoms with Gasteiger partial charge in [-0.3, -0.25) is 4.79 Å². The molecule has 2 aliphatic rings. The maximum absolute atomic E-state index is 13.0. The topological polar surface area (TPSA) is 70.2 Å². The molecule has 1 aromatic rings. The minimum atomic E-state index is -4.68. The number of hydrogen-bond acceptors (Lipinski definition) is 5. The quantitative estimate of drug-likeness (QED) is 0.859. The number of nitrogens with one attached hydrogen (secondary N) is 2. The van der Waals surface area contributed by atoms with Gasteiger partial charge in [0.25, 0.3) is 5.91 Å². The van der Waals surface area contributed by atoms with E-state index in [9.17, 15) is 18.0 Å². The number of hydrogen-bond donors (Lipinski definition) is 2. The molecule has 24 heavy (non-hydrogen) atoms. The molecule has 132 valence electrons. The first-order valence-corrected chi connectivity index (χ1v) is 8.12. The van der Waals surface area contributed by atoms with Gasteiger partial charge < -0.3 is 15.5 Å². The lowest BCUT2D eigenvalue weighted by Crippen LogP contribution is -2.46. The van der Waals surface area contributed by atoms with Crippen molar-refractivity contribution in [2.75, 3.05) is 26.2 Å². The Morgan fingerprint density at radius 2 is 2.00 bits per heavy atom. The molecule has 6 nitrogen and oxygen atoms in total. The van der Waals surface area contributed by atoms with E-state index in [-0.39, 0.29) is 17.9 Å². The largest absolute Gasteiger partial charge is 0.451 e. The van der Waals surface area contributed by atoms with E-state index in [0.29, 0.717) is 32.2 Å². The first-order chi connectivity index (χ1) is 11.4. The van der Waals surface area contributed by atoms with Gasteiger partial charge in [0.2, 0.25) is 5.82 Å². The molecular weight excluding hydrogens is 323 g/mol. The van der Waals surface area contributed by atoms with E-state index >= 15 is 0 Å². The molecule has 1 aliphatic heterocycles. The molecule has 9 heteroatoms. The number of carbonyl (C=O) groups is 1. The fourth-order valence-corrected chi connectivity index (χ4v) is 2.72. The van der Waals surface area contributed by atoms with Gasteiger partial charge in [-0.15, -0.1) is 0 Å².